The second-order valence-corrected chi connectivity index (χ2v) is 6.12. The van der Waals surface area contributed by atoms with Gasteiger partial charge in [0.05, 0.1) is 11.9 Å². The number of hydrogen-bond donors (Lipinski definition) is 3. The second-order valence-electron chi connectivity index (χ2n) is 5.68. The monoisotopic (exact) mass is 366 g/mol. The molecule has 0 saturated heterocycles. The van der Waals surface area contributed by atoms with E-state index in [-0.39, 0.29) is 6.03 Å². The smallest absolute Gasteiger partial charge is 0.324 e. The van der Waals surface area contributed by atoms with Crippen molar-refractivity contribution in [3.8, 4) is 0 Å². The maximum absolute atomic E-state index is 11.9. The van der Waals surface area contributed by atoms with Crippen molar-refractivity contribution in [1.82, 2.24) is 4.98 Å². The number of hydrogen-bond acceptors (Lipinski definition) is 3. The van der Waals surface area contributed by atoms with E-state index in [4.69, 9.17) is 11.6 Å². The van der Waals surface area contributed by atoms with Gasteiger partial charge in [0.1, 0.15) is 5.82 Å². The minimum absolute atomic E-state index is 0.327. The summed E-state index contributed by atoms with van der Waals surface area (Å²) < 4.78 is 0. The summed E-state index contributed by atoms with van der Waals surface area (Å²) in [4.78, 5) is 16.2. The number of halogens is 1. The van der Waals surface area contributed by atoms with Gasteiger partial charge >= 0.3 is 6.03 Å². The summed E-state index contributed by atoms with van der Waals surface area (Å²) in [6, 6.07) is 20.4. The number of urea groups is 1. The van der Waals surface area contributed by atoms with E-state index in [2.05, 4.69) is 20.9 Å². The highest BCUT2D eigenvalue weighted by Crippen LogP contribution is 2.13. The topological polar surface area (TPSA) is 66.1 Å². The Bertz CT molecular complexity index is 836. The quantitative estimate of drug-likeness (QED) is 0.573. The number of carbonyl (C=O) groups is 1. The number of pyridine rings is 1. The van der Waals surface area contributed by atoms with Gasteiger partial charge in [-0.25, -0.2) is 9.78 Å². The number of aromatic nitrogens is 1. The lowest BCUT2D eigenvalue weighted by Crippen LogP contribution is -2.20. The molecule has 0 radical (unpaired) electrons. The Hall–Kier alpha value is -3.05. The van der Waals surface area contributed by atoms with E-state index >= 15 is 0 Å². The molecule has 26 heavy (non-hydrogen) atoms. The molecule has 0 saturated carbocycles. The molecule has 3 N–H and O–H groups in total. The third kappa shape index (κ3) is 5.50. The van der Waals surface area contributed by atoms with Crippen LogP contribution in [0.1, 0.15) is 5.56 Å². The molecule has 0 aliphatic carbocycles. The first-order valence-electron chi connectivity index (χ1n) is 8.26. The average Bonchev–Trinajstić information content (AvgIpc) is 2.65. The standard InChI is InChI=1S/C20H19ClN4O/c21-16-8-6-15(7-9-16)12-13-22-18-10-11-19(23-14-18)25-20(26)24-17-4-2-1-3-5-17/h1-11,14,22H,12-13H2,(H2,23,24,25,26). The maximum atomic E-state index is 11.9. The van der Waals surface area contributed by atoms with Crippen molar-refractivity contribution < 1.29 is 4.79 Å². The molecule has 1 aromatic heterocycles. The number of amides is 2. The number of benzene rings is 2. The van der Waals surface area contributed by atoms with E-state index in [0.29, 0.717) is 5.82 Å². The van der Waals surface area contributed by atoms with Crippen LogP contribution >= 0.6 is 11.6 Å². The van der Waals surface area contributed by atoms with E-state index in [1.807, 2.05) is 60.7 Å². The van der Waals surface area contributed by atoms with Crippen LogP contribution in [-0.2, 0) is 6.42 Å². The van der Waals surface area contributed by atoms with E-state index in [1.165, 1.54) is 5.56 Å². The van der Waals surface area contributed by atoms with Crippen molar-refractivity contribution >= 4 is 34.8 Å². The van der Waals surface area contributed by atoms with Crippen LogP contribution < -0.4 is 16.0 Å². The first-order valence-corrected chi connectivity index (χ1v) is 8.64. The van der Waals surface area contributed by atoms with Gasteiger partial charge in [-0.1, -0.05) is 41.9 Å². The Morgan fingerprint density at radius 3 is 2.35 bits per heavy atom. The summed E-state index contributed by atoms with van der Waals surface area (Å²) >= 11 is 5.88. The van der Waals surface area contributed by atoms with Crippen molar-refractivity contribution in [2.45, 2.75) is 6.42 Å². The fraction of sp³-hybridized carbons (Fsp3) is 0.100. The molecule has 6 heteroatoms. The molecule has 3 aromatic rings. The number of rotatable bonds is 6. The maximum Gasteiger partial charge on any atom is 0.324 e. The van der Waals surface area contributed by atoms with Crippen LogP contribution in [0.2, 0.25) is 5.02 Å². The summed E-state index contributed by atoms with van der Waals surface area (Å²) in [5.41, 5.74) is 2.84. The minimum atomic E-state index is -0.327. The van der Waals surface area contributed by atoms with Crippen LogP contribution in [0.4, 0.5) is 22.0 Å². The number of anilines is 3. The summed E-state index contributed by atoms with van der Waals surface area (Å²) in [5.74, 6) is 0.488. The highest BCUT2D eigenvalue weighted by molar-refractivity contribution is 6.30. The lowest BCUT2D eigenvalue weighted by Gasteiger charge is -2.09. The largest absolute Gasteiger partial charge is 0.383 e. The number of carbonyl (C=O) groups excluding carboxylic acids is 1. The Labute approximate surface area is 157 Å². The molecule has 0 bridgehead atoms. The SMILES string of the molecule is O=C(Nc1ccccc1)Nc1ccc(NCCc2ccc(Cl)cc2)cn1. The number of nitrogens with zero attached hydrogens (tertiary/aromatic N) is 1. The van der Waals surface area contributed by atoms with Crippen molar-refractivity contribution in [2.24, 2.45) is 0 Å². The van der Waals surface area contributed by atoms with E-state index in [0.717, 1.165) is 29.4 Å². The highest BCUT2D eigenvalue weighted by Gasteiger charge is 2.03. The van der Waals surface area contributed by atoms with Crippen LogP contribution in [0.5, 0.6) is 0 Å². The Balaban J connectivity index is 1.45. The molecule has 0 spiro atoms. The molecule has 0 aliphatic rings. The van der Waals surface area contributed by atoms with Gasteiger partial charge in [-0.3, -0.25) is 5.32 Å². The fourth-order valence-electron chi connectivity index (χ4n) is 2.37. The zero-order chi connectivity index (χ0) is 18.2. The van der Waals surface area contributed by atoms with Gasteiger partial charge in [0.15, 0.2) is 0 Å². The first kappa shape index (κ1) is 17.8. The van der Waals surface area contributed by atoms with Gasteiger partial charge in [0.2, 0.25) is 0 Å². The molecular weight excluding hydrogens is 348 g/mol. The summed E-state index contributed by atoms with van der Waals surface area (Å²) in [6.45, 7) is 0.782. The lowest BCUT2D eigenvalue weighted by atomic mass is 10.1. The Morgan fingerprint density at radius 2 is 1.65 bits per heavy atom. The molecular formula is C20H19ClN4O. The fourth-order valence-corrected chi connectivity index (χ4v) is 2.50. The van der Waals surface area contributed by atoms with E-state index in [9.17, 15) is 4.79 Å². The van der Waals surface area contributed by atoms with Crippen LogP contribution in [0.25, 0.3) is 0 Å². The van der Waals surface area contributed by atoms with Gasteiger partial charge in [-0.05, 0) is 48.4 Å². The van der Waals surface area contributed by atoms with Gasteiger partial charge in [-0.2, -0.15) is 0 Å². The van der Waals surface area contributed by atoms with E-state index < -0.39 is 0 Å². The first-order chi connectivity index (χ1) is 12.7. The van der Waals surface area contributed by atoms with Gasteiger partial charge in [0, 0.05) is 17.3 Å². The third-order valence-electron chi connectivity index (χ3n) is 3.69. The van der Waals surface area contributed by atoms with Crippen LogP contribution in [0.3, 0.4) is 0 Å². The number of para-hydroxylation sites is 1. The zero-order valence-corrected chi connectivity index (χ0v) is 14.8. The minimum Gasteiger partial charge on any atom is -0.383 e. The van der Waals surface area contributed by atoms with Crippen LogP contribution in [0, 0.1) is 0 Å². The predicted molar refractivity (Wildman–Crippen MR) is 107 cm³/mol. The molecule has 3 rings (SSSR count). The molecule has 0 atom stereocenters. The lowest BCUT2D eigenvalue weighted by molar-refractivity contribution is 0.262. The summed E-state index contributed by atoms with van der Waals surface area (Å²) in [5, 5.41) is 9.50. The van der Waals surface area contributed by atoms with Gasteiger partial charge in [-0.15, -0.1) is 0 Å². The summed E-state index contributed by atoms with van der Waals surface area (Å²) in [7, 11) is 0. The zero-order valence-electron chi connectivity index (χ0n) is 14.1. The van der Waals surface area contributed by atoms with E-state index in [1.54, 1.807) is 12.3 Å². The normalized spacial score (nSPS) is 10.2. The Kier molecular flexibility index (Phi) is 6.06. The second kappa shape index (κ2) is 8.87. The van der Waals surface area contributed by atoms with Crippen molar-refractivity contribution in [3.63, 3.8) is 0 Å². The molecule has 0 aliphatic heterocycles. The average molecular weight is 367 g/mol. The predicted octanol–water partition coefficient (Wildman–Crippen LogP) is 5.03. The third-order valence-corrected chi connectivity index (χ3v) is 3.94. The van der Waals surface area contributed by atoms with Gasteiger partial charge < -0.3 is 10.6 Å². The summed E-state index contributed by atoms with van der Waals surface area (Å²) in [6.07, 6.45) is 2.58. The molecule has 2 aromatic carbocycles. The molecule has 0 fully saturated rings. The molecule has 2 amide bonds. The highest BCUT2D eigenvalue weighted by atomic mass is 35.5. The van der Waals surface area contributed by atoms with Crippen molar-refractivity contribution in [2.75, 3.05) is 22.5 Å². The van der Waals surface area contributed by atoms with Crippen molar-refractivity contribution in [3.05, 3.63) is 83.5 Å². The van der Waals surface area contributed by atoms with Crippen LogP contribution in [-0.4, -0.2) is 17.6 Å². The molecule has 132 valence electrons. The molecule has 5 nitrogen and oxygen atoms in total. The number of nitrogens with one attached hydrogen (secondary N) is 3. The Morgan fingerprint density at radius 1 is 0.885 bits per heavy atom. The van der Waals surface area contributed by atoms with Crippen molar-refractivity contribution in [1.29, 1.82) is 0 Å². The van der Waals surface area contributed by atoms with Crippen LogP contribution in [0.15, 0.2) is 72.9 Å². The van der Waals surface area contributed by atoms with Gasteiger partial charge in [0.25, 0.3) is 0 Å². The molecule has 0 unspecified atom stereocenters. The molecule has 1 heterocycles.